The van der Waals surface area contributed by atoms with Gasteiger partial charge in [-0.1, -0.05) is 32.4 Å². The molecule has 0 bridgehead atoms. The Morgan fingerprint density at radius 3 is 2.74 bits per heavy atom. The monoisotopic (exact) mass is 443 g/mol. The number of rotatable bonds is 10. The minimum atomic E-state index is 0.230. The van der Waals surface area contributed by atoms with Gasteiger partial charge in [0, 0.05) is 24.9 Å². The van der Waals surface area contributed by atoms with Crippen molar-refractivity contribution in [2.24, 2.45) is 5.92 Å². The second kappa shape index (κ2) is 11.6. The van der Waals surface area contributed by atoms with Crippen molar-refractivity contribution in [3.8, 4) is 5.75 Å². The third-order valence-electron chi connectivity index (χ3n) is 5.93. The van der Waals surface area contributed by atoms with Crippen LogP contribution in [0.15, 0.2) is 23.6 Å². The average molecular weight is 444 g/mol. The average Bonchev–Trinajstić information content (AvgIpc) is 3.20. The van der Waals surface area contributed by atoms with E-state index >= 15 is 0 Å². The van der Waals surface area contributed by atoms with Crippen molar-refractivity contribution in [3.63, 3.8) is 0 Å². The van der Waals surface area contributed by atoms with E-state index < -0.39 is 0 Å². The molecule has 0 unspecified atom stereocenters. The Morgan fingerprint density at radius 1 is 1.23 bits per heavy atom. The quantitative estimate of drug-likeness (QED) is 0.506. The lowest BCUT2D eigenvalue weighted by Crippen LogP contribution is -2.40. The lowest BCUT2D eigenvalue weighted by molar-refractivity contribution is -0.132. The van der Waals surface area contributed by atoms with Crippen LogP contribution in [0.4, 0.5) is 0 Å². The van der Waals surface area contributed by atoms with Crippen molar-refractivity contribution in [3.05, 3.63) is 45.4 Å². The summed E-state index contributed by atoms with van der Waals surface area (Å²) in [6.07, 6.45) is 4.47. The number of amides is 1. The van der Waals surface area contributed by atoms with Crippen molar-refractivity contribution >= 4 is 17.2 Å². The minimum Gasteiger partial charge on any atom is -0.486 e. The highest BCUT2D eigenvalue weighted by atomic mass is 32.1. The molecule has 0 N–H and O–H groups in total. The lowest BCUT2D eigenvalue weighted by atomic mass is 10.1. The molecule has 6 heteroatoms. The number of hydrogen-bond donors (Lipinski definition) is 0. The van der Waals surface area contributed by atoms with Gasteiger partial charge in [-0.3, -0.25) is 4.79 Å². The highest BCUT2D eigenvalue weighted by molar-refractivity contribution is 7.09. The predicted octanol–water partition coefficient (Wildman–Crippen LogP) is 5.20. The summed E-state index contributed by atoms with van der Waals surface area (Å²) in [6.45, 7) is 13.5. The second-order valence-corrected chi connectivity index (χ2v) is 9.98. The van der Waals surface area contributed by atoms with Gasteiger partial charge in [0.2, 0.25) is 5.91 Å². The summed E-state index contributed by atoms with van der Waals surface area (Å²) >= 11 is 1.61. The van der Waals surface area contributed by atoms with Crippen molar-refractivity contribution < 1.29 is 9.53 Å². The molecule has 1 saturated heterocycles. The van der Waals surface area contributed by atoms with Crippen LogP contribution in [0.2, 0.25) is 0 Å². The number of benzene rings is 1. The van der Waals surface area contributed by atoms with Crippen LogP contribution in [0, 0.1) is 19.8 Å². The Kier molecular flexibility index (Phi) is 8.90. The molecular weight excluding hydrogens is 406 g/mol. The zero-order valence-corrected chi connectivity index (χ0v) is 20.3. The summed E-state index contributed by atoms with van der Waals surface area (Å²) in [6, 6.07) is 6.12. The molecule has 1 aromatic carbocycles. The Balaban J connectivity index is 1.58. The maximum atomic E-state index is 12.9. The highest BCUT2D eigenvalue weighted by Gasteiger charge is 2.19. The molecule has 3 rings (SSSR count). The summed E-state index contributed by atoms with van der Waals surface area (Å²) in [5, 5.41) is 3.02. The summed E-state index contributed by atoms with van der Waals surface area (Å²) in [4.78, 5) is 22.1. The Labute approximate surface area is 191 Å². The molecule has 1 aliphatic heterocycles. The van der Waals surface area contributed by atoms with Gasteiger partial charge in [0.25, 0.3) is 0 Å². The fourth-order valence-corrected chi connectivity index (χ4v) is 4.62. The van der Waals surface area contributed by atoms with Gasteiger partial charge < -0.3 is 14.5 Å². The first kappa shape index (κ1) is 23.7. The molecule has 2 heterocycles. The zero-order valence-electron chi connectivity index (χ0n) is 19.5. The third kappa shape index (κ3) is 7.32. The Bertz CT molecular complexity index is 843. The summed E-state index contributed by atoms with van der Waals surface area (Å²) in [5.74, 6) is 1.50. The fourth-order valence-electron chi connectivity index (χ4n) is 3.92. The van der Waals surface area contributed by atoms with E-state index in [0.717, 1.165) is 42.6 Å². The van der Waals surface area contributed by atoms with E-state index in [1.807, 2.05) is 17.0 Å². The van der Waals surface area contributed by atoms with Crippen LogP contribution in [0.5, 0.6) is 5.75 Å². The first-order valence-electron chi connectivity index (χ1n) is 11.5. The third-order valence-corrected chi connectivity index (χ3v) is 6.80. The molecule has 0 aliphatic carbocycles. The van der Waals surface area contributed by atoms with Crippen LogP contribution in [-0.4, -0.2) is 46.9 Å². The molecule has 1 aliphatic rings. The number of nitrogens with zero attached hydrogens (tertiary/aromatic N) is 3. The first-order chi connectivity index (χ1) is 14.9. The number of likely N-dealkylation sites (tertiary alicyclic amines) is 1. The van der Waals surface area contributed by atoms with Crippen LogP contribution in [-0.2, 0) is 17.9 Å². The van der Waals surface area contributed by atoms with Crippen molar-refractivity contribution in [1.29, 1.82) is 0 Å². The Hall–Kier alpha value is -1.92. The van der Waals surface area contributed by atoms with Gasteiger partial charge in [0.15, 0.2) is 0 Å². The Morgan fingerprint density at radius 2 is 2.00 bits per heavy atom. The number of carbonyl (C=O) groups is 1. The number of aromatic nitrogens is 1. The van der Waals surface area contributed by atoms with E-state index in [1.54, 1.807) is 11.3 Å². The van der Waals surface area contributed by atoms with E-state index in [0.29, 0.717) is 25.5 Å². The topological polar surface area (TPSA) is 45.7 Å². The SMILES string of the molecule is Cc1cccc(OCc2nc(CN(CCN3CCCCC3)C(=O)CC(C)C)cs2)c1C. The largest absolute Gasteiger partial charge is 0.486 e. The normalized spacial score (nSPS) is 14.7. The number of ether oxygens (including phenoxy) is 1. The lowest BCUT2D eigenvalue weighted by Gasteiger charge is -2.30. The molecule has 5 nitrogen and oxygen atoms in total. The molecule has 1 amide bonds. The van der Waals surface area contributed by atoms with Gasteiger partial charge in [0.1, 0.15) is 17.4 Å². The molecule has 31 heavy (non-hydrogen) atoms. The van der Waals surface area contributed by atoms with Crippen molar-refractivity contribution in [2.75, 3.05) is 26.2 Å². The standard InChI is InChI=1S/C25H37N3O2S/c1-19(2)15-25(29)28(14-13-27-11-6-5-7-12-27)16-22-18-31-24(26-22)17-30-23-10-8-9-20(3)21(23)4/h8-10,18-19H,5-7,11-17H2,1-4H3. The summed E-state index contributed by atoms with van der Waals surface area (Å²) in [7, 11) is 0. The van der Waals surface area contributed by atoms with Crippen LogP contribution >= 0.6 is 11.3 Å². The minimum absolute atomic E-state index is 0.230. The van der Waals surface area contributed by atoms with Gasteiger partial charge in [0.05, 0.1) is 12.2 Å². The van der Waals surface area contributed by atoms with E-state index in [4.69, 9.17) is 9.72 Å². The molecule has 170 valence electrons. The zero-order chi connectivity index (χ0) is 22.2. The summed E-state index contributed by atoms with van der Waals surface area (Å²) < 4.78 is 6.01. The van der Waals surface area contributed by atoms with Crippen molar-refractivity contribution in [1.82, 2.24) is 14.8 Å². The van der Waals surface area contributed by atoms with E-state index in [2.05, 4.69) is 44.0 Å². The smallest absolute Gasteiger partial charge is 0.223 e. The summed E-state index contributed by atoms with van der Waals surface area (Å²) in [5.41, 5.74) is 3.35. The van der Waals surface area contributed by atoms with E-state index in [-0.39, 0.29) is 5.91 Å². The van der Waals surface area contributed by atoms with Crippen LogP contribution < -0.4 is 4.74 Å². The fraction of sp³-hybridized carbons (Fsp3) is 0.600. The van der Waals surface area contributed by atoms with Gasteiger partial charge >= 0.3 is 0 Å². The van der Waals surface area contributed by atoms with Crippen LogP contribution in [0.25, 0.3) is 0 Å². The molecule has 1 fully saturated rings. The van der Waals surface area contributed by atoms with Crippen LogP contribution in [0.1, 0.15) is 61.4 Å². The molecule has 0 atom stereocenters. The number of aryl methyl sites for hydroxylation is 1. The number of hydrogen-bond acceptors (Lipinski definition) is 5. The molecule has 2 aromatic rings. The highest BCUT2D eigenvalue weighted by Crippen LogP contribution is 2.23. The first-order valence-corrected chi connectivity index (χ1v) is 12.4. The number of thiazole rings is 1. The van der Waals surface area contributed by atoms with E-state index in [9.17, 15) is 4.79 Å². The second-order valence-electron chi connectivity index (χ2n) is 9.03. The molecular formula is C25H37N3O2S. The molecule has 0 spiro atoms. The number of piperidine rings is 1. The van der Waals surface area contributed by atoms with Crippen LogP contribution in [0.3, 0.4) is 0 Å². The van der Waals surface area contributed by atoms with E-state index in [1.165, 1.54) is 30.4 Å². The van der Waals surface area contributed by atoms with Gasteiger partial charge in [-0.05, 0) is 62.9 Å². The molecule has 0 radical (unpaired) electrons. The number of carbonyl (C=O) groups excluding carboxylic acids is 1. The molecule has 1 aromatic heterocycles. The molecule has 0 saturated carbocycles. The van der Waals surface area contributed by atoms with Crippen molar-refractivity contribution in [2.45, 2.75) is 66.5 Å². The predicted molar refractivity (Wildman–Crippen MR) is 128 cm³/mol. The maximum absolute atomic E-state index is 12.9. The van der Waals surface area contributed by atoms with Gasteiger partial charge in [-0.2, -0.15) is 0 Å². The maximum Gasteiger partial charge on any atom is 0.223 e. The van der Waals surface area contributed by atoms with Gasteiger partial charge in [-0.15, -0.1) is 11.3 Å². The van der Waals surface area contributed by atoms with Gasteiger partial charge in [-0.25, -0.2) is 4.98 Å².